The zero-order chi connectivity index (χ0) is 27.4. The number of allylic oxidation sites excluding steroid dienone is 1. The quantitative estimate of drug-likeness (QED) is 0.271. The summed E-state index contributed by atoms with van der Waals surface area (Å²) in [7, 11) is 0. The summed E-state index contributed by atoms with van der Waals surface area (Å²) in [5.41, 5.74) is 0.989. The van der Waals surface area contributed by atoms with Gasteiger partial charge >= 0.3 is 5.97 Å². The van der Waals surface area contributed by atoms with E-state index in [2.05, 4.69) is 26.8 Å². The number of rotatable bonds is 9. The highest BCUT2D eigenvalue weighted by Gasteiger charge is 2.53. The highest BCUT2D eigenvalue weighted by Crippen LogP contribution is 2.36. The summed E-state index contributed by atoms with van der Waals surface area (Å²) in [5, 5.41) is 11.2. The van der Waals surface area contributed by atoms with Crippen LogP contribution in [0.4, 0.5) is 0 Å². The first-order chi connectivity index (χ1) is 16.7. The Labute approximate surface area is 218 Å². The lowest BCUT2D eigenvalue weighted by molar-refractivity contribution is -0.269. The fourth-order valence-electron chi connectivity index (χ4n) is 5.13. The third-order valence-electron chi connectivity index (χ3n) is 8.06. The third-order valence-corrected chi connectivity index (χ3v) is 8.06. The van der Waals surface area contributed by atoms with Gasteiger partial charge in [-0.3, -0.25) is 9.59 Å². The number of aliphatic hydroxyl groups is 1. The largest absolute Gasteiger partial charge is 0.456 e. The SMILES string of the molecule is C/C(=C\C(C)C(C)C)C(OC(=O)C1CCCCN1C(=O)C(=O)C1(O)OC(C(C)C)CCC1C)C(C)C. The predicted molar refractivity (Wildman–Crippen MR) is 140 cm³/mol. The number of nitrogens with zero attached hydrogens (tertiary/aromatic N) is 1. The van der Waals surface area contributed by atoms with Crippen molar-refractivity contribution in [3.63, 3.8) is 0 Å². The van der Waals surface area contributed by atoms with Gasteiger partial charge in [-0.25, -0.2) is 4.79 Å². The first-order valence-corrected chi connectivity index (χ1v) is 13.8. The average molecular weight is 508 g/mol. The van der Waals surface area contributed by atoms with Gasteiger partial charge in [0.25, 0.3) is 11.7 Å². The van der Waals surface area contributed by atoms with E-state index in [1.807, 2.05) is 34.6 Å². The minimum Gasteiger partial charge on any atom is -0.456 e. The Morgan fingerprint density at radius 2 is 1.64 bits per heavy atom. The molecule has 6 unspecified atom stereocenters. The molecule has 1 amide bonds. The van der Waals surface area contributed by atoms with E-state index in [-0.39, 0.29) is 24.5 Å². The number of esters is 1. The summed E-state index contributed by atoms with van der Waals surface area (Å²) >= 11 is 0. The second-order valence-electron chi connectivity index (χ2n) is 12.0. The molecule has 2 rings (SSSR count). The number of carbonyl (C=O) groups excluding carboxylic acids is 3. The molecule has 0 radical (unpaired) electrons. The molecule has 2 aliphatic rings. The summed E-state index contributed by atoms with van der Waals surface area (Å²) in [5.74, 6) is -4.07. The molecule has 0 aromatic rings. The molecule has 2 heterocycles. The van der Waals surface area contributed by atoms with Gasteiger partial charge in [-0.1, -0.05) is 61.5 Å². The number of carbonyl (C=O) groups is 3. The first kappa shape index (κ1) is 30.5. The van der Waals surface area contributed by atoms with Crippen molar-refractivity contribution in [2.24, 2.45) is 29.6 Å². The van der Waals surface area contributed by atoms with E-state index in [4.69, 9.17) is 9.47 Å². The van der Waals surface area contributed by atoms with Gasteiger partial charge in [0, 0.05) is 12.5 Å². The molecule has 0 saturated carbocycles. The van der Waals surface area contributed by atoms with E-state index >= 15 is 0 Å². The molecule has 7 nitrogen and oxygen atoms in total. The normalized spacial score (nSPS) is 29.4. The van der Waals surface area contributed by atoms with Crippen molar-refractivity contribution < 1.29 is 29.0 Å². The van der Waals surface area contributed by atoms with Gasteiger partial charge in [0.05, 0.1) is 6.10 Å². The Bertz CT molecular complexity index is 819. The number of Topliss-reactive ketones (excluding diaryl/α,β-unsaturated/α-hetero) is 1. The van der Waals surface area contributed by atoms with Gasteiger partial charge in [0.1, 0.15) is 12.1 Å². The van der Waals surface area contributed by atoms with Crippen LogP contribution in [0.3, 0.4) is 0 Å². The van der Waals surface area contributed by atoms with E-state index < -0.39 is 41.5 Å². The summed E-state index contributed by atoms with van der Waals surface area (Å²) in [4.78, 5) is 41.5. The summed E-state index contributed by atoms with van der Waals surface area (Å²) in [6.07, 6.45) is 4.61. The van der Waals surface area contributed by atoms with Gasteiger partial charge in [-0.15, -0.1) is 0 Å². The Hall–Kier alpha value is -1.73. The zero-order valence-electron chi connectivity index (χ0n) is 23.9. The molecule has 0 bridgehead atoms. The van der Waals surface area contributed by atoms with Crippen molar-refractivity contribution in [2.75, 3.05) is 6.54 Å². The van der Waals surface area contributed by atoms with E-state index in [0.717, 1.165) is 18.4 Å². The van der Waals surface area contributed by atoms with Crippen molar-refractivity contribution in [1.29, 1.82) is 0 Å². The van der Waals surface area contributed by atoms with Gasteiger partial charge < -0.3 is 19.5 Å². The lowest BCUT2D eigenvalue weighted by atomic mass is 9.84. The number of ether oxygens (including phenoxy) is 2. The second kappa shape index (κ2) is 12.7. The Morgan fingerprint density at radius 3 is 2.19 bits per heavy atom. The topological polar surface area (TPSA) is 93.1 Å². The molecule has 0 aromatic heterocycles. The molecular formula is C29H49NO6. The van der Waals surface area contributed by atoms with Crippen LogP contribution in [0.1, 0.15) is 94.4 Å². The van der Waals surface area contributed by atoms with E-state index in [1.54, 1.807) is 6.92 Å². The van der Waals surface area contributed by atoms with Crippen LogP contribution < -0.4 is 0 Å². The summed E-state index contributed by atoms with van der Waals surface area (Å²) < 4.78 is 11.8. The van der Waals surface area contributed by atoms with Crippen LogP contribution in [-0.2, 0) is 23.9 Å². The molecule has 6 atom stereocenters. The van der Waals surface area contributed by atoms with Crippen LogP contribution in [0.2, 0.25) is 0 Å². The average Bonchev–Trinajstić information content (AvgIpc) is 2.82. The highest BCUT2D eigenvalue weighted by molar-refractivity contribution is 6.39. The maximum atomic E-state index is 13.4. The smallest absolute Gasteiger partial charge is 0.329 e. The fraction of sp³-hybridized carbons (Fsp3) is 0.828. The highest BCUT2D eigenvalue weighted by atomic mass is 16.6. The molecule has 2 saturated heterocycles. The van der Waals surface area contributed by atoms with E-state index in [1.165, 1.54) is 4.90 Å². The van der Waals surface area contributed by atoms with Crippen LogP contribution >= 0.6 is 0 Å². The Balaban J connectivity index is 2.23. The van der Waals surface area contributed by atoms with Crippen LogP contribution in [0.5, 0.6) is 0 Å². The van der Waals surface area contributed by atoms with Gasteiger partial charge in [-0.2, -0.15) is 0 Å². The number of hydrogen-bond donors (Lipinski definition) is 1. The fourth-order valence-corrected chi connectivity index (χ4v) is 5.13. The van der Waals surface area contributed by atoms with Crippen molar-refractivity contribution in [2.45, 2.75) is 118 Å². The number of hydrogen-bond acceptors (Lipinski definition) is 6. The Kier molecular flexibility index (Phi) is 10.7. The van der Waals surface area contributed by atoms with Crippen molar-refractivity contribution in [3.05, 3.63) is 11.6 Å². The number of ketones is 1. The van der Waals surface area contributed by atoms with Gasteiger partial charge in [0.2, 0.25) is 5.79 Å². The standard InChI is InChI=1S/C29H49NO6/c1-17(2)20(7)16-21(8)25(19(5)6)35-28(33)23-12-10-11-15-30(23)27(32)26(31)29(34)22(9)13-14-24(36-29)18(3)4/h16-20,22-25,34H,10-15H2,1-9H3/b21-16+. The molecule has 2 fully saturated rings. The number of amides is 1. The zero-order valence-corrected chi connectivity index (χ0v) is 23.9. The molecular weight excluding hydrogens is 458 g/mol. The van der Waals surface area contributed by atoms with Gasteiger partial charge in [-0.05, 0) is 68.3 Å². The van der Waals surface area contributed by atoms with Crippen LogP contribution in [0.25, 0.3) is 0 Å². The van der Waals surface area contributed by atoms with Crippen molar-refractivity contribution in [1.82, 2.24) is 4.90 Å². The molecule has 0 aliphatic carbocycles. The van der Waals surface area contributed by atoms with E-state index in [0.29, 0.717) is 31.1 Å². The molecule has 1 N–H and O–H groups in total. The Morgan fingerprint density at radius 1 is 1.00 bits per heavy atom. The molecule has 36 heavy (non-hydrogen) atoms. The predicted octanol–water partition coefficient (Wildman–Crippen LogP) is 4.90. The van der Waals surface area contributed by atoms with Crippen LogP contribution in [0, 0.1) is 29.6 Å². The first-order valence-electron chi connectivity index (χ1n) is 13.8. The molecule has 206 valence electrons. The molecule has 0 spiro atoms. The second-order valence-corrected chi connectivity index (χ2v) is 12.0. The van der Waals surface area contributed by atoms with Gasteiger partial charge in [0.15, 0.2) is 0 Å². The molecule has 7 heteroatoms. The van der Waals surface area contributed by atoms with Crippen molar-refractivity contribution in [3.8, 4) is 0 Å². The van der Waals surface area contributed by atoms with Crippen molar-refractivity contribution >= 4 is 17.7 Å². The summed E-state index contributed by atoms with van der Waals surface area (Å²) in [6, 6.07) is -0.852. The van der Waals surface area contributed by atoms with E-state index in [9.17, 15) is 19.5 Å². The van der Waals surface area contributed by atoms with Crippen LogP contribution in [0.15, 0.2) is 11.6 Å². The lowest BCUT2D eigenvalue weighted by Gasteiger charge is -2.43. The third kappa shape index (κ3) is 6.97. The molecule has 0 aromatic carbocycles. The monoisotopic (exact) mass is 507 g/mol. The minimum absolute atomic E-state index is 0.0594. The lowest BCUT2D eigenvalue weighted by Crippen LogP contribution is -2.61. The maximum absolute atomic E-state index is 13.4. The minimum atomic E-state index is -2.18. The maximum Gasteiger partial charge on any atom is 0.329 e. The molecule has 2 aliphatic heterocycles. The number of piperidine rings is 1. The van der Waals surface area contributed by atoms with Crippen LogP contribution in [-0.4, -0.2) is 58.2 Å². The number of likely N-dealkylation sites (tertiary alicyclic amines) is 1. The summed E-state index contributed by atoms with van der Waals surface area (Å²) in [6.45, 7) is 18.4.